The van der Waals surface area contributed by atoms with Crippen molar-refractivity contribution >= 4 is 54.2 Å². The molecule has 0 amide bonds. The van der Waals surface area contributed by atoms with E-state index in [1.807, 2.05) is 36.7 Å². The first-order valence-corrected chi connectivity index (χ1v) is 17.3. The Balaban J connectivity index is 1.50. The van der Waals surface area contributed by atoms with E-state index in [2.05, 4.69) is 49.3 Å². The number of ether oxygens (including phenoxy) is 1. The molecule has 34 heavy (non-hydrogen) atoms. The Labute approximate surface area is 215 Å². The molecule has 170 valence electrons. The van der Waals surface area contributed by atoms with E-state index in [-0.39, 0.29) is 20.7 Å². The summed E-state index contributed by atoms with van der Waals surface area (Å²) in [4.78, 5) is 16.1. The molecule has 0 unspecified atom stereocenters. The number of pyridine rings is 1. The number of hydrogen-bond donors (Lipinski definition) is 1. The van der Waals surface area contributed by atoms with E-state index in [4.69, 9.17) is 20.0 Å². The average Bonchev–Trinajstić information content (AvgIpc) is 3.23. The zero-order valence-corrected chi connectivity index (χ0v) is 23.1. The minimum atomic E-state index is -1.39. The van der Waals surface area contributed by atoms with Crippen molar-refractivity contribution in [2.75, 3.05) is 10.2 Å². The molecule has 0 saturated carbocycles. The fourth-order valence-corrected chi connectivity index (χ4v) is 15.3. The van der Waals surface area contributed by atoms with Crippen LogP contribution in [0.5, 0.6) is 11.6 Å². The number of rotatable bonds is 5. The number of nitrogens with zero attached hydrogens (tertiary/aromatic N) is 4. The van der Waals surface area contributed by atoms with E-state index < -0.39 is 19.8 Å². The molecule has 1 N–H and O–H groups in total. The van der Waals surface area contributed by atoms with Crippen LogP contribution >= 0.6 is 40.6 Å². The molecule has 2 aromatic heterocycles. The fraction of sp³-hybridized carbons (Fsp3) is 0.115. The minimum absolute atomic E-state index is 0.257. The number of aryl methyl sites for hydroxylation is 2. The Morgan fingerprint density at radius 2 is 1.68 bits per heavy atom. The Morgan fingerprint density at radius 1 is 0.971 bits per heavy atom. The number of halogens is 2. The second-order valence-electron chi connectivity index (χ2n) is 7.76. The number of fused-ring (bicyclic) bond motifs is 1. The van der Waals surface area contributed by atoms with Crippen LogP contribution in [0.2, 0.25) is 0 Å². The molecule has 4 aromatic rings. The number of benzene rings is 2. The molecule has 0 bridgehead atoms. The third-order valence-corrected chi connectivity index (χ3v) is 17.6. The first kappa shape index (κ1) is 22.9. The summed E-state index contributed by atoms with van der Waals surface area (Å²) >= 11 is -1.65. The zero-order valence-electron chi connectivity index (χ0n) is 18.8. The van der Waals surface area contributed by atoms with Crippen molar-refractivity contribution in [2.24, 2.45) is 0 Å². The van der Waals surface area contributed by atoms with E-state index in [0.29, 0.717) is 17.4 Å². The molecule has 3 heterocycles. The molecule has 1 aliphatic heterocycles. The van der Waals surface area contributed by atoms with Gasteiger partial charge in [0.2, 0.25) is 0 Å². The molecule has 0 saturated heterocycles. The number of aromatic nitrogens is 3. The summed E-state index contributed by atoms with van der Waals surface area (Å²) in [5, 5.41) is 12.3. The summed E-state index contributed by atoms with van der Waals surface area (Å²) < 4.78 is 11.4. The van der Waals surface area contributed by atoms with Crippen molar-refractivity contribution < 1.29 is 4.74 Å². The fourth-order valence-electron chi connectivity index (χ4n) is 3.63. The van der Waals surface area contributed by atoms with Gasteiger partial charge in [-0.3, -0.25) is 0 Å². The van der Waals surface area contributed by atoms with Crippen LogP contribution in [-0.2, 0) is 0 Å². The van der Waals surface area contributed by atoms with Crippen LogP contribution in [-0.4, -0.2) is 21.9 Å². The molecule has 0 atom stereocenters. The van der Waals surface area contributed by atoms with Gasteiger partial charge in [-0.15, -0.1) is 0 Å². The van der Waals surface area contributed by atoms with Gasteiger partial charge in [0, 0.05) is 0 Å². The number of nitriles is 1. The van der Waals surface area contributed by atoms with E-state index in [1.54, 1.807) is 12.1 Å². The summed E-state index contributed by atoms with van der Waals surface area (Å²) in [7, 11) is 0. The molecule has 2 aromatic carbocycles. The quantitative estimate of drug-likeness (QED) is 0.143. The van der Waals surface area contributed by atoms with Crippen molar-refractivity contribution in [2.45, 2.75) is 13.8 Å². The molecule has 6 nitrogen and oxygen atoms in total. The Kier molecular flexibility index (Phi) is 6.56. The van der Waals surface area contributed by atoms with E-state index in [1.165, 1.54) is 7.27 Å². The Bertz CT molecular complexity index is 1420. The Morgan fingerprint density at radius 3 is 2.35 bits per heavy atom. The van der Waals surface area contributed by atoms with Gasteiger partial charge in [-0.05, 0) is 0 Å². The van der Waals surface area contributed by atoms with E-state index >= 15 is 0 Å². The topological polar surface area (TPSA) is 83.7 Å². The number of nitrogens with one attached hydrogen (secondary N) is 1. The van der Waals surface area contributed by atoms with Gasteiger partial charge < -0.3 is 0 Å². The van der Waals surface area contributed by atoms with Gasteiger partial charge in [0.25, 0.3) is 0 Å². The van der Waals surface area contributed by atoms with Crippen LogP contribution in [0.15, 0.2) is 60.9 Å². The Hall–Kier alpha value is -2.91. The summed E-state index contributed by atoms with van der Waals surface area (Å²) in [5.41, 5.74) is 5.86. The number of alkyl halides is 1. The monoisotopic (exact) mass is 673 g/mol. The summed E-state index contributed by atoms with van der Waals surface area (Å²) in [6.45, 7) is 4.15. The van der Waals surface area contributed by atoms with Crippen LogP contribution in [0.25, 0.3) is 11.1 Å². The van der Waals surface area contributed by atoms with Crippen LogP contribution in [0.3, 0.4) is 0 Å². The predicted octanol–water partition coefficient (Wildman–Crippen LogP) is 6.78. The van der Waals surface area contributed by atoms with Crippen LogP contribution < -0.4 is 10.1 Å². The zero-order chi connectivity index (χ0) is 23.7. The summed E-state index contributed by atoms with van der Waals surface area (Å²) in [5.74, 6) is 2.04. The van der Waals surface area contributed by atoms with Gasteiger partial charge in [-0.25, -0.2) is 0 Å². The van der Waals surface area contributed by atoms with Crippen molar-refractivity contribution in [1.82, 2.24) is 15.0 Å². The molecular weight excluding hydrogens is 652 g/mol. The third kappa shape index (κ3) is 4.67. The van der Waals surface area contributed by atoms with Gasteiger partial charge in [0.05, 0.1) is 0 Å². The van der Waals surface area contributed by atoms with Gasteiger partial charge in [0.1, 0.15) is 0 Å². The van der Waals surface area contributed by atoms with Crippen molar-refractivity contribution in [1.29, 1.82) is 5.26 Å². The van der Waals surface area contributed by atoms with E-state index in [9.17, 15) is 0 Å². The normalized spacial score (nSPS) is 13.1. The molecule has 0 radical (unpaired) electrons. The third-order valence-electron chi connectivity index (χ3n) is 5.28. The first-order chi connectivity index (χ1) is 16.5. The molecule has 0 spiro atoms. The van der Waals surface area contributed by atoms with E-state index in [0.717, 1.165) is 33.7 Å². The maximum atomic E-state index is 9.05. The first-order valence-electron chi connectivity index (χ1n) is 10.5. The SMILES string of the molecule is Cc1cc(-c2ccncc2)cc(C)c1Oc1nc(Nc2ccc(C#N)cc2)nc2c1I=CI2C. The molecule has 0 fully saturated rings. The van der Waals surface area contributed by atoms with Gasteiger partial charge >= 0.3 is 217 Å². The predicted molar refractivity (Wildman–Crippen MR) is 153 cm³/mol. The molecular formula is C26H21I2N5O. The van der Waals surface area contributed by atoms with Gasteiger partial charge in [-0.2, -0.15) is 0 Å². The van der Waals surface area contributed by atoms with Crippen molar-refractivity contribution in [3.8, 4) is 28.8 Å². The molecule has 5 rings (SSSR count). The average molecular weight is 673 g/mol. The summed E-state index contributed by atoms with van der Waals surface area (Å²) in [6.07, 6.45) is 3.62. The number of anilines is 2. The second-order valence-corrected chi connectivity index (χ2v) is 17.1. The molecule has 0 aliphatic carbocycles. The molecule has 8 heteroatoms. The van der Waals surface area contributed by atoms with Crippen molar-refractivity contribution in [3.05, 3.63) is 84.9 Å². The van der Waals surface area contributed by atoms with Crippen LogP contribution in [0.1, 0.15) is 16.7 Å². The number of hydrogen-bond acceptors (Lipinski definition) is 6. The van der Waals surface area contributed by atoms with Crippen molar-refractivity contribution in [3.63, 3.8) is 0 Å². The summed E-state index contributed by atoms with van der Waals surface area (Å²) in [6, 6.07) is 17.8. The molecule has 1 aliphatic rings. The maximum absolute atomic E-state index is 9.05. The van der Waals surface area contributed by atoms with Crippen LogP contribution in [0, 0.1) is 32.4 Å². The van der Waals surface area contributed by atoms with Crippen LogP contribution in [0.4, 0.5) is 11.6 Å². The van der Waals surface area contributed by atoms with Gasteiger partial charge in [0.15, 0.2) is 0 Å². The second kappa shape index (κ2) is 9.76. The van der Waals surface area contributed by atoms with Gasteiger partial charge in [-0.1, -0.05) is 0 Å². The standard InChI is InChI=1S/C26H21I2N5O/c1-16-12-20(19-8-10-30-11-9-19)13-17(2)23(16)34-25-22-24(28(3)15-27-22)32-26(33-25)31-21-6-4-18(14-29)5-7-21/h4-13,15H,1-3H3,(H,31,32,33).